The molecule has 2 aromatic heterocycles. The van der Waals surface area contributed by atoms with Crippen molar-refractivity contribution < 1.29 is 18.0 Å². The van der Waals surface area contributed by atoms with Crippen LogP contribution in [-0.2, 0) is 11.0 Å². The Kier molecular flexibility index (Phi) is 5.74. The number of thioether (sulfide) groups is 1. The highest BCUT2D eigenvalue weighted by molar-refractivity contribution is 7.99. The molecule has 0 bridgehead atoms. The number of alkyl halides is 3. The number of rotatable bonds is 5. The van der Waals surface area contributed by atoms with Crippen LogP contribution in [-0.4, -0.2) is 31.2 Å². The second-order valence-electron chi connectivity index (χ2n) is 6.85. The van der Waals surface area contributed by atoms with Gasteiger partial charge in [0.25, 0.3) is 5.56 Å². The summed E-state index contributed by atoms with van der Waals surface area (Å²) in [5.74, 6) is -0.865. The molecule has 0 fully saturated rings. The molecule has 4 rings (SSSR count). The summed E-state index contributed by atoms with van der Waals surface area (Å²) in [5, 5.41) is 2.61. The zero-order valence-corrected chi connectivity index (χ0v) is 17.4. The number of imidazole rings is 1. The van der Waals surface area contributed by atoms with E-state index < -0.39 is 23.2 Å². The van der Waals surface area contributed by atoms with Crippen LogP contribution in [0.1, 0.15) is 11.1 Å². The van der Waals surface area contributed by atoms with Crippen molar-refractivity contribution in [2.24, 2.45) is 0 Å². The summed E-state index contributed by atoms with van der Waals surface area (Å²) in [6.07, 6.45) is -3.34. The van der Waals surface area contributed by atoms with Crippen LogP contribution in [0.25, 0.3) is 16.9 Å². The topological polar surface area (TPSA) is 92.7 Å². The van der Waals surface area contributed by atoms with Crippen LogP contribution in [0.5, 0.6) is 0 Å². The number of aromatic amines is 1. The molecule has 0 aliphatic carbocycles. The second kappa shape index (κ2) is 8.50. The van der Waals surface area contributed by atoms with Crippen molar-refractivity contribution in [1.29, 1.82) is 0 Å². The zero-order valence-electron chi connectivity index (χ0n) is 16.6. The van der Waals surface area contributed by atoms with Crippen LogP contribution in [0, 0.1) is 6.92 Å². The van der Waals surface area contributed by atoms with E-state index in [0.29, 0.717) is 16.5 Å². The number of nitrogens with one attached hydrogen (secondary N) is 2. The Hall–Kier alpha value is -3.60. The van der Waals surface area contributed by atoms with Crippen LogP contribution in [0.2, 0.25) is 0 Å². The number of halogens is 3. The first-order valence-corrected chi connectivity index (χ1v) is 10.3. The second-order valence-corrected chi connectivity index (χ2v) is 7.79. The number of anilines is 1. The lowest BCUT2D eigenvalue weighted by atomic mass is 10.1. The van der Waals surface area contributed by atoms with Crippen LogP contribution < -0.4 is 10.9 Å². The van der Waals surface area contributed by atoms with E-state index in [1.807, 2.05) is 31.2 Å². The van der Waals surface area contributed by atoms with Crippen molar-refractivity contribution in [3.05, 3.63) is 76.3 Å². The summed E-state index contributed by atoms with van der Waals surface area (Å²) in [7, 11) is 0. The third-order valence-corrected chi connectivity index (χ3v) is 5.49. The molecule has 0 spiro atoms. The number of H-pyrrole nitrogens is 1. The number of para-hydroxylation sites is 1. The monoisotopic (exact) mass is 459 g/mol. The van der Waals surface area contributed by atoms with E-state index in [9.17, 15) is 22.8 Å². The van der Waals surface area contributed by atoms with Gasteiger partial charge in [-0.2, -0.15) is 13.2 Å². The minimum Gasteiger partial charge on any atom is -0.325 e. The van der Waals surface area contributed by atoms with Crippen molar-refractivity contribution in [2.75, 3.05) is 11.1 Å². The lowest BCUT2D eigenvalue weighted by Gasteiger charge is -2.13. The highest BCUT2D eigenvalue weighted by Gasteiger charge is 2.33. The first-order chi connectivity index (χ1) is 15.2. The Bertz CT molecular complexity index is 1350. The fourth-order valence-corrected chi connectivity index (χ4v) is 3.87. The third kappa shape index (κ3) is 4.37. The number of carbonyl (C=O) groups excluding carboxylic acids is 1. The Morgan fingerprint density at radius 3 is 2.59 bits per heavy atom. The molecule has 32 heavy (non-hydrogen) atoms. The molecule has 2 N–H and O–H groups in total. The number of aromatic nitrogens is 4. The van der Waals surface area contributed by atoms with Crippen molar-refractivity contribution in [3.63, 3.8) is 0 Å². The maximum absolute atomic E-state index is 13.2. The molecule has 0 aliphatic heterocycles. The van der Waals surface area contributed by atoms with Crippen molar-refractivity contribution in [2.45, 2.75) is 18.3 Å². The first-order valence-electron chi connectivity index (χ1n) is 9.36. The van der Waals surface area contributed by atoms with Crippen LogP contribution in [0.3, 0.4) is 0 Å². The molecule has 0 unspecified atom stereocenters. The molecule has 0 saturated heterocycles. The average Bonchev–Trinajstić information content (AvgIpc) is 3.12. The van der Waals surface area contributed by atoms with E-state index in [2.05, 4.69) is 20.3 Å². The van der Waals surface area contributed by atoms with Gasteiger partial charge in [-0.1, -0.05) is 41.6 Å². The molecule has 11 heteroatoms. The average molecular weight is 459 g/mol. The Morgan fingerprint density at radius 2 is 1.88 bits per heavy atom. The number of carbonyl (C=O) groups is 1. The minimum atomic E-state index is -4.59. The van der Waals surface area contributed by atoms with Gasteiger partial charge in [-0.15, -0.1) is 0 Å². The molecule has 7 nitrogen and oxygen atoms in total. The van der Waals surface area contributed by atoms with E-state index >= 15 is 0 Å². The van der Waals surface area contributed by atoms with Gasteiger partial charge in [-0.05, 0) is 31.2 Å². The molecule has 0 aliphatic rings. The summed E-state index contributed by atoms with van der Waals surface area (Å²) in [4.78, 5) is 35.6. The van der Waals surface area contributed by atoms with Crippen molar-refractivity contribution in [3.8, 4) is 5.69 Å². The first kappa shape index (κ1) is 21.6. The standard InChI is InChI=1S/C21H16F3N5O2S/c1-12-6-8-13(9-7-12)29-18-17(19(31)26-11-25-18)28-20(29)32-10-16(30)27-15-5-3-2-4-14(15)21(22,23)24/h2-9,11H,10H2,1H3,(H,27,30)(H,25,26,31). The smallest absolute Gasteiger partial charge is 0.325 e. The van der Waals surface area contributed by atoms with Gasteiger partial charge >= 0.3 is 6.18 Å². The Balaban J connectivity index is 1.62. The zero-order chi connectivity index (χ0) is 22.9. The van der Waals surface area contributed by atoms with Crippen LogP contribution >= 0.6 is 11.8 Å². The lowest BCUT2D eigenvalue weighted by Crippen LogP contribution is -2.18. The van der Waals surface area contributed by atoms with Crippen LogP contribution in [0.4, 0.5) is 18.9 Å². The SMILES string of the molecule is Cc1ccc(-n2c(SCC(=O)Nc3ccccc3C(F)(F)F)nc3c(=O)[nH]cnc32)cc1. The number of fused-ring (bicyclic) bond motifs is 1. The van der Waals surface area contributed by atoms with Gasteiger partial charge in [0.1, 0.15) is 0 Å². The normalized spacial score (nSPS) is 11.6. The van der Waals surface area contributed by atoms with Crippen molar-refractivity contribution >= 4 is 34.5 Å². The van der Waals surface area contributed by atoms with Gasteiger partial charge in [-0.25, -0.2) is 9.97 Å². The number of aryl methyl sites for hydroxylation is 1. The fourth-order valence-electron chi connectivity index (χ4n) is 3.06. The number of benzene rings is 2. The molecule has 164 valence electrons. The number of nitrogens with zero attached hydrogens (tertiary/aromatic N) is 3. The number of hydrogen-bond donors (Lipinski definition) is 2. The fraction of sp³-hybridized carbons (Fsp3) is 0.143. The molecule has 1 amide bonds. The van der Waals surface area contributed by atoms with Gasteiger partial charge in [0.2, 0.25) is 5.91 Å². The number of amides is 1. The van der Waals surface area contributed by atoms with Crippen LogP contribution in [0.15, 0.2) is 64.8 Å². The van der Waals surface area contributed by atoms with Crippen molar-refractivity contribution in [1.82, 2.24) is 19.5 Å². The van der Waals surface area contributed by atoms with E-state index in [1.165, 1.54) is 24.5 Å². The van der Waals surface area contributed by atoms with E-state index in [-0.39, 0.29) is 17.0 Å². The minimum absolute atomic E-state index is 0.0957. The summed E-state index contributed by atoms with van der Waals surface area (Å²) in [6.45, 7) is 1.93. The maximum Gasteiger partial charge on any atom is 0.418 e. The summed E-state index contributed by atoms with van der Waals surface area (Å²) in [5.41, 5.74) is 0.423. The molecular formula is C21H16F3N5O2S. The van der Waals surface area contributed by atoms with E-state index in [0.717, 1.165) is 23.4 Å². The predicted octanol–water partition coefficient (Wildman–Crippen LogP) is 4.17. The predicted molar refractivity (Wildman–Crippen MR) is 115 cm³/mol. The largest absolute Gasteiger partial charge is 0.418 e. The van der Waals surface area contributed by atoms with Gasteiger partial charge in [0.05, 0.1) is 23.3 Å². The molecule has 0 atom stereocenters. The highest BCUT2D eigenvalue weighted by atomic mass is 32.2. The molecule has 0 saturated carbocycles. The third-order valence-electron chi connectivity index (χ3n) is 4.55. The van der Waals surface area contributed by atoms with Gasteiger partial charge in [-0.3, -0.25) is 14.2 Å². The lowest BCUT2D eigenvalue weighted by molar-refractivity contribution is -0.137. The highest BCUT2D eigenvalue weighted by Crippen LogP contribution is 2.34. The summed E-state index contributed by atoms with van der Waals surface area (Å²) in [6, 6.07) is 12.2. The molecular weight excluding hydrogens is 443 g/mol. The van der Waals surface area contributed by atoms with Gasteiger partial charge < -0.3 is 10.3 Å². The summed E-state index contributed by atoms with van der Waals surface area (Å²) < 4.78 is 41.1. The quantitative estimate of drug-likeness (QED) is 0.437. The molecule has 2 heterocycles. The van der Waals surface area contributed by atoms with Gasteiger partial charge in [0, 0.05) is 5.69 Å². The Morgan fingerprint density at radius 1 is 1.16 bits per heavy atom. The van der Waals surface area contributed by atoms with Gasteiger partial charge in [0.15, 0.2) is 16.3 Å². The molecule has 0 radical (unpaired) electrons. The van der Waals surface area contributed by atoms with E-state index in [4.69, 9.17) is 0 Å². The molecule has 2 aromatic carbocycles. The Labute approximate surface area is 183 Å². The number of hydrogen-bond acceptors (Lipinski definition) is 5. The maximum atomic E-state index is 13.2. The molecule has 4 aromatic rings. The van der Waals surface area contributed by atoms with E-state index in [1.54, 1.807) is 4.57 Å². The summed E-state index contributed by atoms with van der Waals surface area (Å²) >= 11 is 0.987.